The molecule has 0 bridgehead atoms. The summed E-state index contributed by atoms with van der Waals surface area (Å²) in [6.07, 6.45) is 3.51. The Labute approximate surface area is 167 Å². The number of ether oxygens (including phenoxy) is 2. The van der Waals surface area contributed by atoms with Crippen molar-refractivity contribution in [3.8, 4) is 11.5 Å². The second-order valence-electron chi connectivity index (χ2n) is 7.64. The zero-order valence-electron chi connectivity index (χ0n) is 17.1. The van der Waals surface area contributed by atoms with E-state index in [9.17, 15) is 9.59 Å². The summed E-state index contributed by atoms with van der Waals surface area (Å²) < 4.78 is 10.6. The van der Waals surface area contributed by atoms with Crippen LogP contribution in [0.5, 0.6) is 11.5 Å². The molecule has 2 fully saturated rings. The summed E-state index contributed by atoms with van der Waals surface area (Å²) in [7, 11) is 5.13. The minimum Gasteiger partial charge on any atom is -0.497 e. The predicted octanol–water partition coefficient (Wildman–Crippen LogP) is 1.90. The van der Waals surface area contributed by atoms with Crippen LogP contribution in [0.1, 0.15) is 25.7 Å². The van der Waals surface area contributed by atoms with E-state index >= 15 is 0 Å². The molecule has 2 saturated heterocycles. The molecule has 0 aromatic heterocycles. The van der Waals surface area contributed by atoms with Gasteiger partial charge in [-0.3, -0.25) is 9.59 Å². The Kier molecular flexibility index (Phi) is 6.78. The van der Waals surface area contributed by atoms with Crippen molar-refractivity contribution >= 4 is 17.5 Å². The average molecular weight is 389 g/mol. The van der Waals surface area contributed by atoms with Gasteiger partial charge in [0.2, 0.25) is 11.8 Å². The molecular formula is C21H31N3O4. The summed E-state index contributed by atoms with van der Waals surface area (Å²) in [6.45, 7) is 3.03. The molecule has 154 valence electrons. The summed E-state index contributed by atoms with van der Waals surface area (Å²) in [5.41, 5.74) is 0.710. The maximum Gasteiger partial charge on any atom is 0.228 e. The van der Waals surface area contributed by atoms with Gasteiger partial charge in [0.25, 0.3) is 0 Å². The number of nitrogens with zero attached hydrogens (tertiary/aromatic N) is 2. The fourth-order valence-electron chi connectivity index (χ4n) is 4.12. The largest absolute Gasteiger partial charge is 0.497 e. The monoisotopic (exact) mass is 389 g/mol. The van der Waals surface area contributed by atoms with Crippen LogP contribution in [0.25, 0.3) is 0 Å². The van der Waals surface area contributed by atoms with Gasteiger partial charge in [-0.15, -0.1) is 0 Å². The van der Waals surface area contributed by atoms with Gasteiger partial charge in [-0.05, 0) is 38.8 Å². The molecule has 0 aliphatic carbocycles. The summed E-state index contributed by atoms with van der Waals surface area (Å²) in [5, 5.41) is 3.19. The molecule has 1 atom stereocenters. The number of methoxy groups -OCH3 is 2. The predicted molar refractivity (Wildman–Crippen MR) is 108 cm³/mol. The number of likely N-dealkylation sites (tertiary alicyclic amines) is 1. The lowest BCUT2D eigenvalue weighted by atomic mass is 9.92. The van der Waals surface area contributed by atoms with Crippen LogP contribution in [-0.4, -0.2) is 64.2 Å². The second kappa shape index (κ2) is 9.28. The number of piperidine rings is 1. The van der Waals surface area contributed by atoms with Gasteiger partial charge in [0.15, 0.2) is 0 Å². The van der Waals surface area contributed by atoms with Crippen molar-refractivity contribution in [2.45, 2.75) is 25.7 Å². The van der Waals surface area contributed by atoms with Crippen LogP contribution in [0.15, 0.2) is 18.2 Å². The third kappa shape index (κ3) is 4.58. The molecule has 0 saturated carbocycles. The highest BCUT2D eigenvalue weighted by Gasteiger charge is 2.38. The van der Waals surface area contributed by atoms with Crippen molar-refractivity contribution in [3.63, 3.8) is 0 Å². The standard InChI is InChI=1S/C21H31N3O4/c1-22-7-4-15-5-8-23(9-6-15)21(26)16-10-20(25)24(14-16)17-11-18(27-2)13-19(12-17)28-3/h11-13,15-16,22H,4-10,14H2,1-3H3. The molecule has 28 heavy (non-hydrogen) atoms. The molecule has 0 radical (unpaired) electrons. The lowest BCUT2D eigenvalue weighted by molar-refractivity contribution is -0.137. The zero-order chi connectivity index (χ0) is 20.1. The van der Waals surface area contributed by atoms with Gasteiger partial charge in [0.05, 0.1) is 25.8 Å². The number of amides is 2. The number of rotatable bonds is 7. The van der Waals surface area contributed by atoms with E-state index in [2.05, 4.69) is 5.32 Å². The van der Waals surface area contributed by atoms with Crippen molar-refractivity contribution < 1.29 is 19.1 Å². The fourth-order valence-corrected chi connectivity index (χ4v) is 4.12. The molecule has 1 unspecified atom stereocenters. The first kappa shape index (κ1) is 20.5. The van der Waals surface area contributed by atoms with Gasteiger partial charge in [-0.25, -0.2) is 0 Å². The highest BCUT2D eigenvalue weighted by Crippen LogP contribution is 2.33. The van der Waals surface area contributed by atoms with Gasteiger partial charge in [0, 0.05) is 44.3 Å². The van der Waals surface area contributed by atoms with E-state index in [1.54, 1.807) is 37.3 Å². The zero-order valence-corrected chi connectivity index (χ0v) is 17.1. The average Bonchev–Trinajstić information content (AvgIpc) is 3.13. The molecule has 0 spiro atoms. The number of carbonyl (C=O) groups excluding carboxylic acids is 2. The van der Waals surface area contributed by atoms with Crippen LogP contribution in [0.3, 0.4) is 0 Å². The second-order valence-corrected chi connectivity index (χ2v) is 7.64. The van der Waals surface area contributed by atoms with Crippen molar-refractivity contribution in [2.24, 2.45) is 11.8 Å². The molecule has 1 N–H and O–H groups in total. The van der Waals surface area contributed by atoms with Crippen LogP contribution in [0.4, 0.5) is 5.69 Å². The van der Waals surface area contributed by atoms with Crippen LogP contribution < -0.4 is 19.7 Å². The summed E-state index contributed by atoms with van der Waals surface area (Å²) in [5.74, 6) is 1.73. The van der Waals surface area contributed by atoms with E-state index in [-0.39, 0.29) is 24.2 Å². The minimum absolute atomic E-state index is 0.0300. The van der Waals surface area contributed by atoms with Gasteiger partial charge >= 0.3 is 0 Å². The third-order valence-corrected chi connectivity index (χ3v) is 5.85. The van der Waals surface area contributed by atoms with E-state index in [1.165, 1.54) is 0 Å². The quantitative estimate of drug-likeness (QED) is 0.771. The Bertz CT molecular complexity index is 679. The Morgan fingerprint density at radius 1 is 1.14 bits per heavy atom. The first-order chi connectivity index (χ1) is 13.5. The first-order valence-corrected chi connectivity index (χ1v) is 10.0. The van der Waals surface area contributed by atoms with E-state index < -0.39 is 0 Å². The Morgan fingerprint density at radius 3 is 2.36 bits per heavy atom. The number of hydrogen-bond donors (Lipinski definition) is 1. The van der Waals surface area contributed by atoms with Gasteiger partial charge in [0.1, 0.15) is 11.5 Å². The lowest BCUT2D eigenvalue weighted by Gasteiger charge is -2.33. The molecule has 7 nitrogen and oxygen atoms in total. The molecule has 2 aliphatic rings. The molecule has 2 aliphatic heterocycles. The van der Waals surface area contributed by atoms with Crippen molar-refractivity contribution in [3.05, 3.63) is 18.2 Å². The molecule has 1 aromatic carbocycles. The van der Waals surface area contributed by atoms with Gasteiger partial charge in [-0.2, -0.15) is 0 Å². The number of benzene rings is 1. The van der Waals surface area contributed by atoms with Crippen molar-refractivity contribution in [1.29, 1.82) is 0 Å². The van der Waals surface area contributed by atoms with Crippen LogP contribution in [0.2, 0.25) is 0 Å². The molecule has 7 heteroatoms. The van der Waals surface area contributed by atoms with E-state index in [1.807, 2.05) is 11.9 Å². The number of carbonyl (C=O) groups is 2. The molecule has 3 rings (SSSR count). The van der Waals surface area contributed by atoms with Crippen molar-refractivity contribution in [2.75, 3.05) is 52.3 Å². The Morgan fingerprint density at radius 2 is 1.79 bits per heavy atom. The maximum atomic E-state index is 13.0. The maximum absolute atomic E-state index is 13.0. The van der Waals surface area contributed by atoms with E-state index in [0.29, 0.717) is 29.6 Å². The molecule has 2 heterocycles. The minimum atomic E-state index is -0.279. The van der Waals surface area contributed by atoms with Crippen LogP contribution >= 0.6 is 0 Å². The third-order valence-electron chi connectivity index (χ3n) is 5.85. The number of nitrogens with one attached hydrogen (secondary N) is 1. The SMILES string of the molecule is CNCCC1CCN(C(=O)C2CC(=O)N(c3cc(OC)cc(OC)c3)C2)CC1. The summed E-state index contributed by atoms with van der Waals surface area (Å²) in [6, 6.07) is 5.38. The normalized spacial score (nSPS) is 20.5. The molecule has 1 aromatic rings. The summed E-state index contributed by atoms with van der Waals surface area (Å²) in [4.78, 5) is 29.2. The van der Waals surface area contributed by atoms with E-state index in [4.69, 9.17) is 9.47 Å². The number of anilines is 1. The Hall–Kier alpha value is -2.28. The smallest absolute Gasteiger partial charge is 0.228 e. The summed E-state index contributed by atoms with van der Waals surface area (Å²) >= 11 is 0. The van der Waals surface area contributed by atoms with E-state index in [0.717, 1.165) is 38.9 Å². The molecular weight excluding hydrogens is 358 g/mol. The lowest BCUT2D eigenvalue weighted by Crippen LogP contribution is -2.42. The highest BCUT2D eigenvalue weighted by molar-refractivity contribution is 6.00. The topological polar surface area (TPSA) is 71.1 Å². The van der Waals surface area contributed by atoms with Gasteiger partial charge in [-0.1, -0.05) is 0 Å². The number of hydrogen-bond acceptors (Lipinski definition) is 5. The van der Waals surface area contributed by atoms with Gasteiger partial charge < -0.3 is 24.6 Å². The fraction of sp³-hybridized carbons (Fsp3) is 0.619. The highest BCUT2D eigenvalue weighted by atomic mass is 16.5. The Balaban J connectivity index is 1.62. The van der Waals surface area contributed by atoms with Crippen molar-refractivity contribution in [1.82, 2.24) is 10.2 Å². The van der Waals surface area contributed by atoms with Crippen LogP contribution in [-0.2, 0) is 9.59 Å². The first-order valence-electron chi connectivity index (χ1n) is 10.0. The van der Waals surface area contributed by atoms with Crippen LogP contribution in [0, 0.1) is 11.8 Å². The molecule has 2 amide bonds.